The second-order valence-corrected chi connectivity index (χ2v) is 8.23. The Kier molecular flexibility index (Phi) is 5.77. The summed E-state index contributed by atoms with van der Waals surface area (Å²) in [4.78, 5) is 18.7. The molecule has 0 spiro atoms. The smallest absolute Gasteiger partial charge is 0.410 e. The lowest BCUT2D eigenvalue weighted by Crippen LogP contribution is -2.61. The van der Waals surface area contributed by atoms with Crippen LogP contribution in [0.2, 0.25) is 0 Å². The highest BCUT2D eigenvalue weighted by Gasteiger charge is 2.42. The van der Waals surface area contributed by atoms with Crippen molar-refractivity contribution in [3.63, 3.8) is 0 Å². The first-order valence-corrected chi connectivity index (χ1v) is 9.05. The van der Waals surface area contributed by atoms with Crippen molar-refractivity contribution in [2.24, 2.45) is 0 Å². The van der Waals surface area contributed by atoms with E-state index in [1.165, 1.54) is 0 Å². The largest absolute Gasteiger partial charge is 0.444 e. The summed E-state index contributed by atoms with van der Waals surface area (Å²) >= 11 is 0. The van der Waals surface area contributed by atoms with E-state index in [9.17, 15) is 10.1 Å². The van der Waals surface area contributed by atoms with E-state index in [1.54, 1.807) is 4.90 Å². The molecule has 0 aromatic rings. The van der Waals surface area contributed by atoms with Gasteiger partial charge in [-0.15, -0.1) is 0 Å². The van der Waals surface area contributed by atoms with Crippen LogP contribution in [0.4, 0.5) is 4.79 Å². The Morgan fingerprint density at radius 1 is 1.08 bits per heavy atom. The molecule has 6 heteroatoms. The fourth-order valence-corrected chi connectivity index (χ4v) is 3.55. The molecule has 0 bridgehead atoms. The third kappa shape index (κ3) is 4.40. The van der Waals surface area contributed by atoms with Crippen molar-refractivity contribution in [3.05, 3.63) is 0 Å². The molecule has 0 aromatic heterocycles. The van der Waals surface area contributed by atoms with Crippen LogP contribution in [0.25, 0.3) is 0 Å². The molecule has 0 aromatic carbocycles. The molecule has 0 radical (unpaired) electrons. The number of carbonyl (C=O) groups excluding carboxylic acids is 1. The van der Waals surface area contributed by atoms with E-state index in [0.29, 0.717) is 19.1 Å². The van der Waals surface area contributed by atoms with Crippen LogP contribution in [-0.2, 0) is 4.74 Å². The summed E-state index contributed by atoms with van der Waals surface area (Å²) < 4.78 is 5.45. The van der Waals surface area contributed by atoms with Crippen molar-refractivity contribution in [2.45, 2.75) is 64.6 Å². The topological polar surface area (TPSA) is 59.8 Å². The minimum Gasteiger partial charge on any atom is -0.444 e. The lowest BCUT2D eigenvalue weighted by atomic mass is 9.86. The molecule has 0 unspecified atom stereocenters. The average Bonchev–Trinajstić information content (AvgIpc) is 2.53. The molecule has 0 atom stereocenters. The van der Waals surface area contributed by atoms with Gasteiger partial charge in [0, 0.05) is 45.3 Å². The first-order valence-electron chi connectivity index (χ1n) is 9.05. The van der Waals surface area contributed by atoms with Crippen LogP contribution < -0.4 is 0 Å². The number of rotatable bonds is 2. The third-order valence-corrected chi connectivity index (χ3v) is 5.10. The van der Waals surface area contributed by atoms with Crippen LogP contribution in [0, 0.1) is 11.3 Å². The molecule has 6 nitrogen and oxygen atoms in total. The van der Waals surface area contributed by atoms with Gasteiger partial charge in [-0.3, -0.25) is 4.90 Å². The van der Waals surface area contributed by atoms with E-state index in [-0.39, 0.29) is 11.6 Å². The molecule has 2 saturated heterocycles. The van der Waals surface area contributed by atoms with Gasteiger partial charge in [0.1, 0.15) is 11.1 Å². The second-order valence-electron chi connectivity index (χ2n) is 8.23. The molecule has 0 saturated carbocycles. The first kappa shape index (κ1) is 19.0. The highest BCUT2D eigenvalue weighted by atomic mass is 16.6. The van der Waals surface area contributed by atoms with E-state index in [0.717, 1.165) is 39.0 Å². The van der Waals surface area contributed by atoms with E-state index in [2.05, 4.69) is 29.7 Å². The van der Waals surface area contributed by atoms with Crippen molar-refractivity contribution in [3.8, 4) is 6.07 Å². The third-order valence-electron chi connectivity index (χ3n) is 5.10. The summed E-state index contributed by atoms with van der Waals surface area (Å²) in [5.41, 5.74) is -0.836. The molecule has 2 aliphatic rings. The summed E-state index contributed by atoms with van der Waals surface area (Å²) in [6.07, 6.45) is 1.52. The average molecular weight is 336 g/mol. The number of piperidine rings is 1. The van der Waals surface area contributed by atoms with E-state index < -0.39 is 5.60 Å². The number of ether oxygens (including phenoxy) is 1. The SMILES string of the molecule is CC(C)N1CCC(C#N)(N2CCN(C(=O)OC(C)(C)C)CC2)CC1. The van der Waals surface area contributed by atoms with Crippen molar-refractivity contribution in [1.29, 1.82) is 5.26 Å². The fourth-order valence-electron chi connectivity index (χ4n) is 3.55. The summed E-state index contributed by atoms with van der Waals surface area (Å²) in [5.74, 6) is 0. The number of likely N-dealkylation sites (tertiary alicyclic amines) is 1. The van der Waals surface area contributed by atoms with Gasteiger partial charge in [-0.1, -0.05) is 0 Å². The van der Waals surface area contributed by atoms with Crippen molar-refractivity contribution in [2.75, 3.05) is 39.3 Å². The lowest BCUT2D eigenvalue weighted by Gasteiger charge is -2.48. The zero-order valence-electron chi connectivity index (χ0n) is 15.8. The highest BCUT2D eigenvalue weighted by Crippen LogP contribution is 2.30. The van der Waals surface area contributed by atoms with Gasteiger partial charge in [-0.25, -0.2) is 4.79 Å². The summed E-state index contributed by atoms with van der Waals surface area (Å²) in [6, 6.07) is 3.13. The highest BCUT2D eigenvalue weighted by molar-refractivity contribution is 5.68. The zero-order chi connectivity index (χ0) is 18.0. The molecule has 2 heterocycles. The number of nitriles is 1. The number of carbonyl (C=O) groups is 1. The molecule has 2 rings (SSSR count). The van der Waals surface area contributed by atoms with Crippen LogP contribution in [-0.4, -0.2) is 77.2 Å². The van der Waals surface area contributed by atoms with E-state index in [1.807, 2.05) is 20.8 Å². The molecule has 0 aliphatic carbocycles. The molecule has 1 amide bonds. The molecule has 2 aliphatic heterocycles. The fraction of sp³-hybridized carbons (Fsp3) is 0.889. The summed E-state index contributed by atoms with van der Waals surface area (Å²) in [7, 11) is 0. The Morgan fingerprint density at radius 3 is 2.04 bits per heavy atom. The van der Waals surface area contributed by atoms with Gasteiger partial charge in [-0.05, 0) is 47.5 Å². The van der Waals surface area contributed by atoms with Crippen molar-refractivity contribution >= 4 is 6.09 Å². The van der Waals surface area contributed by atoms with Gasteiger partial charge in [0.05, 0.1) is 6.07 Å². The number of hydrogen-bond acceptors (Lipinski definition) is 5. The molecular formula is C18H32N4O2. The van der Waals surface area contributed by atoms with E-state index in [4.69, 9.17) is 4.74 Å². The Bertz CT molecular complexity index is 476. The monoisotopic (exact) mass is 336 g/mol. The minimum absolute atomic E-state index is 0.247. The lowest BCUT2D eigenvalue weighted by molar-refractivity contribution is -0.00817. The van der Waals surface area contributed by atoms with Gasteiger partial charge >= 0.3 is 6.09 Å². The van der Waals surface area contributed by atoms with Gasteiger partial charge in [-0.2, -0.15) is 5.26 Å². The van der Waals surface area contributed by atoms with Crippen LogP contribution in [0.3, 0.4) is 0 Å². The molecule has 0 N–H and O–H groups in total. The van der Waals surface area contributed by atoms with Gasteiger partial charge in [0.2, 0.25) is 0 Å². The maximum atomic E-state index is 12.2. The summed E-state index contributed by atoms with van der Waals surface area (Å²) in [6.45, 7) is 14.8. The van der Waals surface area contributed by atoms with Crippen molar-refractivity contribution in [1.82, 2.24) is 14.7 Å². The first-order chi connectivity index (χ1) is 11.2. The Labute approximate surface area is 146 Å². The second kappa shape index (κ2) is 7.28. The van der Waals surface area contributed by atoms with Crippen LogP contribution in [0.5, 0.6) is 0 Å². The Morgan fingerprint density at radius 2 is 1.62 bits per heavy atom. The number of amides is 1. The molecule has 136 valence electrons. The summed E-state index contributed by atoms with van der Waals surface area (Å²) in [5, 5.41) is 9.83. The minimum atomic E-state index is -0.466. The Hall–Kier alpha value is -1.32. The molecule has 24 heavy (non-hydrogen) atoms. The zero-order valence-corrected chi connectivity index (χ0v) is 15.8. The van der Waals surface area contributed by atoms with Crippen LogP contribution >= 0.6 is 0 Å². The maximum absolute atomic E-state index is 12.2. The van der Waals surface area contributed by atoms with Crippen LogP contribution in [0.15, 0.2) is 0 Å². The predicted octanol–water partition coefficient (Wildman–Crippen LogP) is 2.31. The number of nitrogens with zero attached hydrogens (tertiary/aromatic N) is 4. The molecule has 2 fully saturated rings. The molecular weight excluding hydrogens is 304 g/mol. The van der Waals surface area contributed by atoms with Gasteiger partial charge in [0.15, 0.2) is 0 Å². The van der Waals surface area contributed by atoms with Gasteiger partial charge in [0.25, 0.3) is 0 Å². The van der Waals surface area contributed by atoms with E-state index >= 15 is 0 Å². The maximum Gasteiger partial charge on any atom is 0.410 e. The normalized spacial score (nSPS) is 23.1. The van der Waals surface area contributed by atoms with Crippen LogP contribution in [0.1, 0.15) is 47.5 Å². The standard InChI is InChI=1S/C18H32N4O2/c1-15(2)20-8-6-18(14-19,7-9-20)22-12-10-21(11-13-22)16(23)24-17(3,4)5/h15H,6-13H2,1-5H3. The number of piperazine rings is 1. The quantitative estimate of drug-likeness (QED) is 0.774. The predicted molar refractivity (Wildman–Crippen MR) is 93.7 cm³/mol. The number of hydrogen-bond donors (Lipinski definition) is 0. The Balaban J connectivity index is 1.91. The van der Waals surface area contributed by atoms with Crippen molar-refractivity contribution < 1.29 is 9.53 Å². The van der Waals surface area contributed by atoms with Gasteiger partial charge < -0.3 is 14.5 Å².